The number of methoxy groups -OCH3 is 2. The van der Waals surface area contributed by atoms with Crippen LogP contribution in [0.4, 0.5) is 0 Å². The fourth-order valence-electron chi connectivity index (χ4n) is 3.70. The summed E-state index contributed by atoms with van der Waals surface area (Å²) in [6.45, 7) is 1.52. The molecule has 7 nitrogen and oxygen atoms in total. The number of nitrogens with zero attached hydrogens (tertiary/aromatic N) is 1. The van der Waals surface area contributed by atoms with Crippen LogP contribution >= 0.6 is 11.3 Å². The molecule has 3 rings (SSSR count). The van der Waals surface area contributed by atoms with Gasteiger partial charge >= 0.3 is 11.9 Å². The van der Waals surface area contributed by atoms with E-state index in [1.165, 1.54) is 32.5 Å². The molecule has 1 heterocycles. The summed E-state index contributed by atoms with van der Waals surface area (Å²) in [4.78, 5) is 24.5. The fraction of sp³-hybridized carbons (Fsp3) is 0.400. The van der Waals surface area contributed by atoms with Gasteiger partial charge < -0.3 is 9.47 Å². The smallest absolute Gasteiger partial charge is 0.348 e. The monoisotopic (exact) mass is 437 g/mol. The number of benzene rings is 1. The molecular formula is C20H23NO6S2. The van der Waals surface area contributed by atoms with Crippen LogP contribution in [-0.4, -0.2) is 45.9 Å². The topological polar surface area (TPSA) is 90.0 Å². The van der Waals surface area contributed by atoms with Crippen molar-refractivity contribution in [3.05, 3.63) is 51.4 Å². The second kappa shape index (κ2) is 8.25. The molecule has 0 unspecified atom stereocenters. The van der Waals surface area contributed by atoms with Gasteiger partial charge in [0, 0.05) is 7.05 Å². The van der Waals surface area contributed by atoms with Crippen molar-refractivity contribution in [3.8, 4) is 0 Å². The molecule has 0 spiro atoms. The fourth-order valence-corrected chi connectivity index (χ4v) is 6.98. The first-order valence-corrected chi connectivity index (χ1v) is 11.4. The molecule has 0 saturated carbocycles. The molecule has 0 amide bonds. The molecule has 0 saturated heterocycles. The van der Waals surface area contributed by atoms with E-state index in [1.807, 2.05) is 24.3 Å². The van der Waals surface area contributed by atoms with Crippen molar-refractivity contribution in [1.29, 1.82) is 0 Å². The molecule has 1 aromatic heterocycles. The zero-order chi connectivity index (χ0) is 21.3. The molecule has 1 aliphatic rings. The summed E-state index contributed by atoms with van der Waals surface area (Å²) in [6, 6.07) is 7.43. The van der Waals surface area contributed by atoms with Crippen molar-refractivity contribution in [2.75, 3.05) is 21.3 Å². The average molecular weight is 438 g/mol. The van der Waals surface area contributed by atoms with Gasteiger partial charge in [0.15, 0.2) is 4.21 Å². The van der Waals surface area contributed by atoms with Gasteiger partial charge in [0.2, 0.25) is 0 Å². The minimum absolute atomic E-state index is 0.0731. The Morgan fingerprint density at radius 1 is 1.14 bits per heavy atom. The number of sulfonamides is 1. The van der Waals surface area contributed by atoms with Crippen LogP contribution in [0.1, 0.15) is 55.6 Å². The molecule has 1 aromatic carbocycles. The van der Waals surface area contributed by atoms with Gasteiger partial charge in [0.05, 0.1) is 25.8 Å². The van der Waals surface area contributed by atoms with Gasteiger partial charge in [-0.15, -0.1) is 11.3 Å². The Kier molecular flexibility index (Phi) is 6.11. The molecule has 0 radical (unpaired) electrons. The summed E-state index contributed by atoms with van der Waals surface area (Å²) in [5.74, 6) is -1.49. The molecule has 29 heavy (non-hydrogen) atoms. The predicted molar refractivity (Wildman–Crippen MR) is 109 cm³/mol. The summed E-state index contributed by atoms with van der Waals surface area (Å²) in [7, 11) is -0.175. The van der Waals surface area contributed by atoms with E-state index in [4.69, 9.17) is 9.47 Å². The van der Waals surface area contributed by atoms with Crippen molar-refractivity contribution in [2.24, 2.45) is 0 Å². The largest absolute Gasteiger partial charge is 0.465 e. The molecule has 0 bridgehead atoms. The van der Waals surface area contributed by atoms with Gasteiger partial charge in [-0.1, -0.05) is 24.3 Å². The first-order chi connectivity index (χ1) is 13.7. The molecule has 1 atom stereocenters. The number of esters is 2. The summed E-state index contributed by atoms with van der Waals surface area (Å²) in [5.41, 5.74) is 2.21. The molecule has 1 aliphatic carbocycles. The van der Waals surface area contributed by atoms with Gasteiger partial charge in [0.1, 0.15) is 4.88 Å². The van der Waals surface area contributed by atoms with Crippen LogP contribution in [-0.2, 0) is 25.9 Å². The highest BCUT2D eigenvalue weighted by Gasteiger charge is 2.38. The van der Waals surface area contributed by atoms with Crippen molar-refractivity contribution >= 4 is 33.3 Å². The summed E-state index contributed by atoms with van der Waals surface area (Å²) in [6.07, 6.45) is 2.44. The molecular weight excluding hydrogens is 414 g/mol. The van der Waals surface area contributed by atoms with E-state index < -0.39 is 22.0 Å². The number of ether oxygens (including phenoxy) is 2. The Hall–Kier alpha value is -2.23. The van der Waals surface area contributed by atoms with Gasteiger partial charge in [0.25, 0.3) is 10.0 Å². The van der Waals surface area contributed by atoms with Crippen LogP contribution in [0.15, 0.2) is 28.5 Å². The number of hydrogen-bond donors (Lipinski definition) is 0. The van der Waals surface area contributed by atoms with Gasteiger partial charge in [-0.25, -0.2) is 18.0 Å². The maximum absolute atomic E-state index is 13.5. The van der Waals surface area contributed by atoms with Gasteiger partial charge in [-0.3, -0.25) is 0 Å². The molecule has 0 fully saturated rings. The first kappa shape index (κ1) is 21.5. The highest BCUT2D eigenvalue weighted by molar-refractivity contribution is 7.91. The van der Waals surface area contributed by atoms with E-state index in [0.29, 0.717) is 6.42 Å². The van der Waals surface area contributed by atoms with E-state index in [2.05, 4.69) is 0 Å². The summed E-state index contributed by atoms with van der Waals surface area (Å²) < 4.78 is 37.7. The minimum Gasteiger partial charge on any atom is -0.465 e. The van der Waals surface area contributed by atoms with Crippen LogP contribution in [0.5, 0.6) is 0 Å². The van der Waals surface area contributed by atoms with Crippen molar-refractivity contribution in [1.82, 2.24) is 4.31 Å². The standard InChI is InChI=1S/C20H23NO6S2/c1-12-16(18(22)26-3)20(28-17(12)19(23)27-4)29(24,25)21(2)15-11-7-9-13-8-5-6-10-14(13)15/h5-6,8,10,15H,7,9,11H2,1-4H3/t15-/m1/s1. The van der Waals surface area contributed by atoms with E-state index in [-0.39, 0.29) is 26.3 Å². The Bertz CT molecular complexity index is 1060. The normalized spacial score (nSPS) is 16.4. The lowest BCUT2D eigenvalue weighted by Crippen LogP contribution is -2.33. The number of rotatable bonds is 5. The minimum atomic E-state index is -4.07. The van der Waals surface area contributed by atoms with Crippen molar-refractivity contribution in [3.63, 3.8) is 0 Å². The van der Waals surface area contributed by atoms with Crippen LogP contribution in [0.3, 0.4) is 0 Å². The third kappa shape index (κ3) is 3.70. The maximum atomic E-state index is 13.5. The van der Waals surface area contributed by atoms with Crippen molar-refractivity contribution < 1.29 is 27.5 Å². The lowest BCUT2D eigenvalue weighted by Gasteiger charge is -2.32. The third-order valence-electron chi connectivity index (χ3n) is 5.26. The molecule has 0 aliphatic heterocycles. The number of carbonyl (C=O) groups is 2. The second-order valence-corrected chi connectivity index (χ2v) is 10.0. The number of fused-ring (bicyclic) bond motifs is 1. The zero-order valence-corrected chi connectivity index (χ0v) is 18.4. The van der Waals surface area contributed by atoms with E-state index in [0.717, 1.165) is 35.3 Å². The molecule has 0 N–H and O–H groups in total. The SMILES string of the molecule is COC(=O)c1sc(S(=O)(=O)N(C)[C@@H]2CCCc3ccccc32)c(C(=O)OC)c1C. The number of thiophene rings is 1. The Balaban J connectivity index is 2.12. The van der Waals surface area contributed by atoms with Gasteiger partial charge in [-0.05, 0) is 42.9 Å². The van der Waals surface area contributed by atoms with Crippen LogP contribution in [0, 0.1) is 6.92 Å². The average Bonchev–Trinajstić information content (AvgIpc) is 3.09. The Morgan fingerprint density at radius 2 is 1.79 bits per heavy atom. The highest BCUT2D eigenvalue weighted by Crippen LogP contribution is 2.40. The van der Waals surface area contributed by atoms with Gasteiger partial charge in [-0.2, -0.15) is 4.31 Å². The molecule has 9 heteroatoms. The van der Waals surface area contributed by atoms with Crippen LogP contribution in [0.2, 0.25) is 0 Å². The lowest BCUT2D eigenvalue weighted by molar-refractivity contribution is 0.0596. The van der Waals surface area contributed by atoms with Crippen LogP contribution in [0.25, 0.3) is 0 Å². The number of aryl methyl sites for hydroxylation is 1. The lowest BCUT2D eigenvalue weighted by atomic mass is 9.88. The summed E-state index contributed by atoms with van der Waals surface area (Å²) in [5, 5.41) is 0. The second-order valence-electron chi connectivity index (χ2n) is 6.83. The number of hydrogen-bond acceptors (Lipinski definition) is 7. The quantitative estimate of drug-likeness (QED) is 0.667. The Labute approximate surface area is 174 Å². The van der Waals surface area contributed by atoms with E-state index in [1.54, 1.807) is 0 Å². The van der Waals surface area contributed by atoms with Crippen molar-refractivity contribution in [2.45, 2.75) is 36.4 Å². The molecule has 2 aromatic rings. The maximum Gasteiger partial charge on any atom is 0.348 e. The Morgan fingerprint density at radius 3 is 2.45 bits per heavy atom. The number of carbonyl (C=O) groups excluding carboxylic acids is 2. The first-order valence-electron chi connectivity index (χ1n) is 9.09. The zero-order valence-electron chi connectivity index (χ0n) is 16.7. The third-order valence-corrected chi connectivity index (χ3v) is 8.90. The predicted octanol–water partition coefficient (Wildman–Crippen LogP) is 3.33. The molecule has 156 valence electrons. The summed E-state index contributed by atoms with van der Waals surface area (Å²) >= 11 is 0.738. The highest BCUT2D eigenvalue weighted by atomic mass is 32.2. The van der Waals surface area contributed by atoms with E-state index in [9.17, 15) is 18.0 Å². The van der Waals surface area contributed by atoms with Crippen LogP contribution < -0.4 is 0 Å². The van der Waals surface area contributed by atoms with E-state index >= 15 is 0 Å².